The SMILES string of the molecule is C=Cc1nc(C=C)c(C=C)[nH]1. The van der Waals surface area contributed by atoms with Gasteiger partial charge >= 0.3 is 0 Å². The average Bonchev–Trinajstić information content (AvgIpc) is 2.46. The molecule has 0 aliphatic heterocycles. The van der Waals surface area contributed by atoms with Gasteiger partial charge in [-0.05, 0) is 18.2 Å². The Morgan fingerprint density at radius 1 is 1.09 bits per heavy atom. The summed E-state index contributed by atoms with van der Waals surface area (Å²) in [4.78, 5) is 7.17. The minimum absolute atomic E-state index is 0.745. The lowest BCUT2D eigenvalue weighted by Crippen LogP contribution is -1.73. The maximum Gasteiger partial charge on any atom is 0.130 e. The van der Waals surface area contributed by atoms with Crippen LogP contribution in [0.5, 0.6) is 0 Å². The Morgan fingerprint density at radius 2 is 1.82 bits per heavy atom. The lowest BCUT2D eigenvalue weighted by atomic mass is 10.3. The first-order chi connectivity index (χ1) is 5.31. The van der Waals surface area contributed by atoms with Crippen LogP contribution in [0, 0.1) is 0 Å². The Balaban J connectivity index is 3.21. The van der Waals surface area contributed by atoms with Crippen molar-refractivity contribution in [3.63, 3.8) is 0 Å². The Hall–Kier alpha value is -1.57. The van der Waals surface area contributed by atoms with Gasteiger partial charge in [0.1, 0.15) is 5.82 Å². The van der Waals surface area contributed by atoms with Gasteiger partial charge in [-0.1, -0.05) is 19.7 Å². The highest BCUT2D eigenvalue weighted by atomic mass is 14.9. The lowest BCUT2D eigenvalue weighted by molar-refractivity contribution is 1.26. The lowest BCUT2D eigenvalue weighted by Gasteiger charge is -1.84. The van der Waals surface area contributed by atoms with E-state index in [1.165, 1.54) is 0 Å². The van der Waals surface area contributed by atoms with Crippen molar-refractivity contribution in [2.45, 2.75) is 0 Å². The number of aromatic nitrogens is 2. The fraction of sp³-hybridized carbons (Fsp3) is 0. The van der Waals surface area contributed by atoms with Gasteiger partial charge in [0, 0.05) is 0 Å². The predicted octanol–water partition coefficient (Wildman–Crippen LogP) is 2.34. The normalized spacial score (nSPS) is 9.09. The fourth-order valence-corrected chi connectivity index (χ4v) is 0.828. The van der Waals surface area contributed by atoms with Crippen LogP contribution in [0.4, 0.5) is 0 Å². The molecule has 0 saturated heterocycles. The summed E-state index contributed by atoms with van der Waals surface area (Å²) in [6.45, 7) is 10.8. The molecule has 1 aromatic rings. The molecule has 2 nitrogen and oxygen atoms in total. The molecule has 0 bridgehead atoms. The van der Waals surface area contributed by atoms with Crippen LogP contribution >= 0.6 is 0 Å². The van der Waals surface area contributed by atoms with Crippen LogP contribution in [-0.2, 0) is 0 Å². The molecule has 0 atom stereocenters. The maximum atomic E-state index is 4.16. The van der Waals surface area contributed by atoms with E-state index in [9.17, 15) is 0 Å². The molecule has 0 aromatic carbocycles. The average molecular weight is 146 g/mol. The highest BCUT2D eigenvalue weighted by molar-refractivity contribution is 5.59. The maximum absolute atomic E-state index is 4.16. The van der Waals surface area contributed by atoms with E-state index in [1.54, 1.807) is 18.2 Å². The Bertz CT molecular complexity index is 269. The van der Waals surface area contributed by atoms with Crippen molar-refractivity contribution in [1.29, 1.82) is 0 Å². The van der Waals surface area contributed by atoms with Crippen molar-refractivity contribution in [3.8, 4) is 0 Å². The standard InChI is InChI=1S/C9H10N2/c1-4-7-8(5-2)11-9(6-3)10-7/h4-6H,1-3H2,(H,10,11). The summed E-state index contributed by atoms with van der Waals surface area (Å²) in [5.41, 5.74) is 1.70. The van der Waals surface area contributed by atoms with Crippen LogP contribution < -0.4 is 0 Å². The molecule has 0 fully saturated rings. The number of nitrogens with one attached hydrogen (secondary N) is 1. The molecule has 1 aromatic heterocycles. The minimum Gasteiger partial charge on any atom is -0.338 e. The molecule has 56 valence electrons. The molecule has 1 heterocycles. The summed E-state index contributed by atoms with van der Waals surface area (Å²) < 4.78 is 0. The van der Waals surface area contributed by atoms with Crippen LogP contribution in [0.3, 0.4) is 0 Å². The summed E-state index contributed by atoms with van der Waals surface area (Å²) in [5.74, 6) is 0.745. The first-order valence-corrected chi connectivity index (χ1v) is 3.29. The van der Waals surface area contributed by atoms with Crippen LogP contribution in [0.1, 0.15) is 17.2 Å². The Labute approximate surface area is 66.0 Å². The van der Waals surface area contributed by atoms with E-state index < -0.39 is 0 Å². The number of aromatic amines is 1. The summed E-state index contributed by atoms with van der Waals surface area (Å²) in [6.07, 6.45) is 5.04. The smallest absolute Gasteiger partial charge is 0.130 e. The Morgan fingerprint density at radius 3 is 2.18 bits per heavy atom. The summed E-state index contributed by atoms with van der Waals surface area (Å²) >= 11 is 0. The van der Waals surface area contributed by atoms with Crippen molar-refractivity contribution < 1.29 is 0 Å². The molecule has 0 spiro atoms. The monoisotopic (exact) mass is 146 g/mol. The van der Waals surface area contributed by atoms with Crippen LogP contribution in [0.25, 0.3) is 18.2 Å². The van der Waals surface area contributed by atoms with Crippen molar-refractivity contribution in [1.82, 2.24) is 9.97 Å². The molecule has 0 unspecified atom stereocenters. The van der Waals surface area contributed by atoms with Crippen molar-refractivity contribution >= 4 is 18.2 Å². The molecular weight excluding hydrogens is 136 g/mol. The van der Waals surface area contributed by atoms with Gasteiger partial charge in [0.15, 0.2) is 0 Å². The van der Waals surface area contributed by atoms with Crippen molar-refractivity contribution in [3.05, 3.63) is 36.9 Å². The first kappa shape index (κ1) is 7.54. The third-order valence-electron chi connectivity index (χ3n) is 1.37. The third kappa shape index (κ3) is 1.29. The minimum atomic E-state index is 0.745. The highest BCUT2D eigenvalue weighted by Crippen LogP contribution is 2.09. The number of imidazole rings is 1. The van der Waals surface area contributed by atoms with Crippen molar-refractivity contribution in [2.75, 3.05) is 0 Å². The van der Waals surface area contributed by atoms with Gasteiger partial charge in [0.05, 0.1) is 11.4 Å². The zero-order chi connectivity index (χ0) is 8.27. The van der Waals surface area contributed by atoms with Gasteiger partial charge in [0.2, 0.25) is 0 Å². The largest absolute Gasteiger partial charge is 0.338 e. The number of nitrogens with zero attached hydrogens (tertiary/aromatic N) is 1. The van der Waals surface area contributed by atoms with Gasteiger partial charge < -0.3 is 4.98 Å². The molecule has 0 amide bonds. The van der Waals surface area contributed by atoms with Gasteiger partial charge in [-0.25, -0.2) is 4.98 Å². The second kappa shape index (κ2) is 3.01. The zero-order valence-electron chi connectivity index (χ0n) is 6.30. The molecular formula is C9H10N2. The van der Waals surface area contributed by atoms with Crippen LogP contribution in [0.2, 0.25) is 0 Å². The van der Waals surface area contributed by atoms with Gasteiger partial charge in [0.25, 0.3) is 0 Å². The third-order valence-corrected chi connectivity index (χ3v) is 1.37. The second-order valence-corrected chi connectivity index (χ2v) is 2.03. The zero-order valence-corrected chi connectivity index (χ0v) is 6.30. The molecule has 0 radical (unpaired) electrons. The van der Waals surface area contributed by atoms with Gasteiger partial charge in [-0.2, -0.15) is 0 Å². The van der Waals surface area contributed by atoms with E-state index in [-0.39, 0.29) is 0 Å². The van der Waals surface area contributed by atoms with Crippen molar-refractivity contribution in [2.24, 2.45) is 0 Å². The summed E-state index contributed by atoms with van der Waals surface area (Å²) in [6, 6.07) is 0. The van der Waals surface area contributed by atoms with E-state index in [2.05, 4.69) is 29.7 Å². The summed E-state index contributed by atoms with van der Waals surface area (Å²) in [7, 11) is 0. The highest BCUT2D eigenvalue weighted by Gasteiger charge is 1.99. The quantitative estimate of drug-likeness (QED) is 0.696. The molecule has 0 aliphatic carbocycles. The molecule has 0 aliphatic rings. The summed E-state index contributed by atoms with van der Waals surface area (Å²) in [5, 5.41) is 0. The van der Waals surface area contributed by atoms with Gasteiger partial charge in [-0.15, -0.1) is 0 Å². The molecule has 11 heavy (non-hydrogen) atoms. The van der Waals surface area contributed by atoms with E-state index in [0.717, 1.165) is 17.2 Å². The fourth-order valence-electron chi connectivity index (χ4n) is 0.828. The molecule has 1 N–H and O–H groups in total. The van der Waals surface area contributed by atoms with E-state index in [1.807, 2.05) is 0 Å². The van der Waals surface area contributed by atoms with E-state index in [4.69, 9.17) is 0 Å². The Kier molecular flexibility index (Phi) is 2.06. The van der Waals surface area contributed by atoms with E-state index >= 15 is 0 Å². The van der Waals surface area contributed by atoms with E-state index in [0.29, 0.717) is 0 Å². The predicted molar refractivity (Wildman–Crippen MR) is 48.9 cm³/mol. The topological polar surface area (TPSA) is 28.7 Å². The first-order valence-electron chi connectivity index (χ1n) is 3.29. The van der Waals surface area contributed by atoms with Gasteiger partial charge in [-0.3, -0.25) is 0 Å². The van der Waals surface area contributed by atoms with Crippen LogP contribution in [-0.4, -0.2) is 9.97 Å². The molecule has 0 saturated carbocycles. The number of hydrogen-bond donors (Lipinski definition) is 1. The number of H-pyrrole nitrogens is 1. The van der Waals surface area contributed by atoms with Crippen LogP contribution in [0.15, 0.2) is 19.7 Å². The molecule has 1 rings (SSSR count). The molecule has 2 heteroatoms. The number of rotatable bonds is 3. The second-order valence-electron chi connectivity index (χ2n) is 2.03. The number of hydrogen-bond acceptors (Lipinski definition) is 1.